The van der Waals surface area contributed by atoms with Gasteiger partial charge in [0.1, 0.15) is 0 Å². The number of hydrogen-bond donors (Lipinski definition) is 0. The highest BCUT2D eigenvalue weighted by molar-refractivity contribution is 7.92. The van der Waals surface area contributed by atoms with Crippen LogP contribution in [0.1, 0.15) is 28.4 Å². The van der Waals surface area contributed by atoms with Crippen LogP contribution in [-0.2, 0) is 16.4 Å². The van der Waals surface area contributed by atoms with Crippen molar-refractivity contribution in [3.05, 3.63) is 89.5 Å². The molecule has 0 N–H and O–H groups in total. The Morgan fingerprint density at radius 3 is 2.27 bits per heavy atom. The Labute approximate surface area is 177 Å². The molecule has 1 atom stereocenters. The fourth-order valence-corrected chi connectivity index (χ4v) is 5.03. The molecule has 30 heavy (non-hydrogen) atoms. The lowest BCUT2D eigenvalue weighted by atomic mass is 10.1. The molecule has 1 aliphatic rings. The third-order valence-corrected chi connectivity index (χ3v) is 7.38. The molecule has 4 rings (SSSR count). The average molecular weight is 421 g/mol. The van der Waals surface area contributed by atoms with Crippen LogP contribution in [-0.4, -0.2) is 27.4 Å². The number of carbonyl (C=O) groups is 1. The van der Waals surface area contributed by atoms with Crippen molar-refractivity contribution in [2.24, 2.45) is 0 Å². The molecule has 3 aromatic rings. The first-order chi connectivity index (χ1) is 14.3. The van der Waals surface area contributed by atoms with Crippen molar-refractivity contribution in [3.8, 4) is 0 Å². The van der Waals surface area contributed by atoms with Gasteiger partial charge in [0.05, 0.1) is 10.6 Å². The average Bonchev–Trinajstić information content (AvgIpc) is 3.08. The molecule has 0 bridgehead atoms. The van der Waals surface area contributed by atoms with Gasteiger partial charge in [0.2, 0.25) is 0 Å². The Bertz CT molecular complexity index is 1190. The number of carbonyl (C=O) groups excluding carboxylic acids is 1. The van der Waals surface area contributed by atoms with E-state index in [0.29, 0.717) is 11.3 Å². The van der Waals surface area contributed by atoms with E-state index in [0.717, 1.165) is 17.7 Å². The molecule has 0 saturated carbocycles. The Morgan fingerprint density at radius 2 is 1.60 bits per heavy atom. The van der Waals surface area contributed by atoms with Crippen molar-refractivity contribution in [1.82, 2.24) is 0 Å². The lowest BCUT2D eigenvalue weighted by molar-refractivity contribution is 0.0981. The zero-order valence-corrected chi connectivity index (χ0v) is 18.1. The van der Waals surface area contributed by atoms with Crippen LogP contribution in [0.15, 0.2) is 77.7 Å². The number of fused-ring (bicyclic) bond motifs is 1. The van der Waals surface area contributed by atoms with Crippen LogP contribution in [0.2, 0.25) is 0 Å². The third-order valence-electron chi connectivity index (χ3n) is 5.58. The maximum atomic E-state index is 13.1. The maximum Gasteiger partial charge on any atom is 0.264 e. The van der Waals surface area contributed by atoms with E-state index >= 15 is 0 Å². The number of hydrogen-bond acceptors (Lipinski definition) is 3. The van der Waals surface area contributed by atoms with Gasteiger partial charge in [0.15, 0.2) is 0 Å². The molecule has 5 nitrogen and oxygen atoms in total. The molecule has 0 spiro atoms. The maximum absolute atomic E-state index is 13.1. The Morgan fingerprint density at radius 1 is 0.967 bits per heavy atom. The van der Waals surface area contributed by atoms with E-state index in [1.807, 2.05) is 43.0 Å². The topological polar surface area (TPSA) is 57.7 Å². The first kappa shape index (κ1) is 20.2. The highest BCUT2D eigenvalue weighted by Crippen LogP contribution is 2.33. The number of nitrogens with zero attached hydrogens (tertiary/aromatic N) is 2. The van der Waals surface area contributed by atoms with Gasteiger partial charge < -0.3 is 4.90 Å². The lowest BCUT2D eigenvalue weighted by Gasteiger charge is -2.23. The van der Waals surface area contributed by atoms with Crippen molar-refractivity contribution in [2.45, 2.75) is 31.2 Å². The number of amides is 1. The zero-order valence-electron chi connectivity index (χ0n) is 17.2. The third kappa shape index (κ3) is 3.48. The van der Waals surface area contributed by atoms with Gasteiger partial charge >= 0.3 is 0 Å². The number of sulfonamides is 1. The zero-order chi connectivity index (χ0) is 21.5. The molecule has 154 valence electrons. The summed E-state index contributed by atoms with van der Waals surface area (Å²) in [4.78, 5) is 15.2. The molecule has 0 radical (unpaired) electrons. The highest BCUT2D eigenvalue weighted by atomic mass is 32.2. The van der Waals surface area contributed by atoms with Gasteiger partial charge in [-0.2, -0.15) is 0 Å². The minimum Gasteiger partial charge on any atom is -0.305 e. The number of rotatable bonds is 4. The standard InChI is InChI=1S/C24H24N2O3S/c1-17-8-14-22(15-9-17)30(28,29)25(3)21-12-10-19(11-13-21)24(27)26-18(2)16-20-6-4-5-7-23(20)26/h4-15,18H,16H2,1-3H3. The van der Waals surface area contributed by atoms with Crippen LogP contribution in [0.4, 0.5) is 11.4 Å². The van der Waals surface area contributed by atoms with Crippen molar-refractivity contribution in [3.63, 3.8) is 0 Å². The number of benzene rings is 3. The molecule has 1 unspecified atom stereocenters. The van der Waals surface area contributed by atoms with Crippen molar-refractivity contribution < 1.29 is 13.2 Å². The summed E-state index contributed by atoms with van der Waals surface area (Å²) in [6.07, 6.45) is 0.831. The minimum atomic E-state index is -3.67. The van der Waals surface area contributed by atoms with E-state index in [1.165, 1.54) is 16.9 Å². The molecule has 0 fully saturated rings. The van der Waals surface area contributed by atoms with Crippen molar-refractivity contribution >= 4 is 27.3 Å². The van der Waals surface area contributed by atoms with Gasteiger partial charge in [0.25, 0.3) is 15.9 Å². The molecule has 0 aromatic heterocycles. The van der Waals surface area contributed by atoms with Crippen molar-refractivity contribution in [1.29, 1.82) is 0 Å². The van der Waals surface area contributed by atoms with E-state index in [2.05, 4.69) is 0 Å². The van der Waals surface area contributed by atoms with Crippen LogP contribution < -0.4 is 9.21 Å². The Balaban J connectivity index is 1.58. The van der Waals surface area contributed by atoms with E-state index in [4.69, 9.17) is 0 Å². The van der Waals surface area contributed by atoms with Crippen LogP contribution in [0, 0.1) is 6.92 Å². The van der Waals surface area contributed by atoms with Gasteiger partial charge in [-0.15, -0.1) is 0 Å². The largest absolute Gasteiger partial charge is 0.305 e. The van der Waals surface area contributed by atoms with E-state index in [1.54, 1.807) is 48.5 Å². The second kappa shape index (κ2) is 7.61. The molecular weight excluding hydrogens is 396 g/mol. The highest BCUT2D eigenvalue weighted by Gasteiger charge is 2.31. The van der Waals surface area contributed by atoms with Crippen LogP contribution in [0.3, 0.4) is 0 Å². The molecule has 1 heterocycles. The first-order valence-electron chi connectivity index (χ1n) is 9.86. The van der Waals surface area contributed by atoms with E-state index in [9.17, 15) is 13.2 Å². The normalized spacial score (nSPS) is 15.7. The second-order valence-corrected chi connectivity index (χ2v) is 9.66. The molecule has 0 aliphatic carbocycles. The monoisotopic (exact) mass is 420 g/mol. The summed E-state index contributed by atoms with van der Waals surface area (Å²) in [6.45, 7) is 3.95. The van der Waals surface area contributed by atoms with E-state index < -0.39 is 10.0 Å². The van der Waals surface area contributed by atoms with Gasteiger partial charge in [-0.05, 0) is 68.3 Å². The SMILES string of the molecule is Cc1ccc(S(=O)(=O)N(C)c2ccc(C(=O)N3c4ccccc4CC3C)cc2)cc1. The molecule has 0 saturated heterocycles. The molecule has 3 aromatic carbocycles. The quantitative estimate of drug-likeness (QED) is 0.628. The Hall–Kier alpha value is -3.12. The molecule has 1 aliphatic heterocycles. The summed E-state index contributed by atoms with van der Waals surface area (Å²) >= 11 is 0. The number of aryl methyl sites for hydroxylation is 1. The Kier molecular flexibility index (Phi) is 5.12. The fraction of sp³-hybridized carbons (Fsp3) is 0.208. The number of anilines is 2. The van der Waals surface area contributed by atoms with Gasteiger partial charge in [0, 0.05) is 24.3 Å². The number of para-hydroxylation sites is 1. The smallest absolute Gasteiger partial charge is 0.264 e. The summed E-state index contributed by atoms with van der Waals surface area (Å²) in [6, 6.07) is 21.5. The van der Waals surface area contributed by atoms with Crippen LogP contribution in [0.25, 0.3) is 0 Å². The summed E-state index contributed by atoms with van der Waals surface area (Å²) in [5.41, 5.74) is 4.14. The van der Waals surface area contributed by atoms with E-state index in [-0.39, 0.29) is 16.8 Å². The van der Waals surface area contributed by atoms with Gasteiger partial charge in [-0.25, -0.2) is 8.42 Å². The van der Waals surface area contributed by atoms with Crippen LogP contribution >= 0.6 is 0 Å². The first-order valence-corrected chi connectivity index (χ1v) is 11.3. The molecule has 6 heteroatoms. The van der Waals surface area contributed by atoms with Crippen LogP contribution in [0.5, 0.6) is 0 Å². The molecular formula is C24H24N2O3S. The van der Waals surface area contributed by atoms with Gasteiger partial charge in [-0.1, -0.05) is 35.9 Å². The van der Waals surface area contributed by atoms with Crippen molar-refractivity contribution in [2.75, 3.05) is 16.3 Å². The van der Waals surface area contributed by atoms with Gasteiger partial charge in [-0.3, -0.25) is 9.10 Å². The summed E-state index contributed by atoms with van der Waals surface area (Å²) in [5, 5.41) is 0. The predicted molar refractivity (Wildman–Crippen MR) is 120 cm³/mol. The molecule has 1 amide bonds. The predicted octanol–water partition coefficient (Wildman–Crippen LogP) is 4.41. The summed E-state index contributed by atoms with van der Waals surface area (Å²) in [5.74, 6) is -0.0805. The summed E-state index contributed by atoms with van der Waals surface area (Å²) in [7, 11) is -2.15. The summed E-state index contributed by atoms with van der Waals surface area (Å²) < 4.78 is 27.0. The lowest BCUT2D eigenvalue weighted by Crippen LogP contribution is -2.35. The minimum absolute atomic E-state index is 0.0805. The second-order valence-electron chi connectivity index (χ2n) is 7.69. The fourth-order valence-electron chi connectivity index (χ4n) is 3.84.